The van der Waals surface area contributed by atoms with Gasteiger partial charge in [-0.25, -0.2) is 0 Å². The minimum atomic E-state index is -0.378. The Kier molecular flexibility index (Phi) is 10.5. The Morgan fingerprint density at radius 2 is 1.12 bits per heavy atom. The topological polar surface area (TPSA) is 46.2 Å². The molecule has 1 fully saturated rings. The van der Waals surface area contributed by atoms with Crippen molar-refractivity contribution < 1.29 is 23.7 Å². The highest BCUT2D eigenvalue weighted by molar-refractivity contribution is 7.99. The predicted octanol–water partition coefficient (Wildman–Crippen LogP) is 7.60. The fourth-order valence-electron chi connectivity index (χ4n) is 4.86. The molecule has 6 heteroatoms. The molecule has 0 saturated carbocycles. The molecule has 5 atom stereocenters. The van der Waals surface area contributed by atoms with E-state index in [9.17, 15) is 0 Å². The van der Waals surface area contributed by atoms with Crippen molar-refractivity contribution in [2.24, 2.45) is 0 Å². The molecule has 1 aliphatic heterocycles. The molecule has 1 saturated heterocycles. The van der Waals surface area contributed by atoms with Crippen molar-refractivity contribution in [3.05, 3.63) is 131 Å². The van der Waals surface area contributed by atoms with E-state index in [4.69, 9.17) is 23.7 Å². The fraction of sp³-hybridized carbons (Fsp3) is 0.314. The summed E-state index contributed by atoms with van der Waals surface area (Å²) in [7, 11) is 1.67. The van der Waals surface area contributed by atoms with Gasteiger partial charge in [-0.1, -0.05) is 102 Å². The maximum Gasteiger partial charge on any atom is 0.136 e. The quantitative estimate of drug-likeness (QED) is 0.175. The van der Waals surface area contributed by atoms with Gasteiger partial charge in [0.1, 0.15) is 29.5 Å². The van der Waals surface area contributed by atoms with Gasteiger partial charge in [0.25, 0.3) is 0 Å². The van der Waals surface area contributed by atoms with Crippen LogP contribution < -0.4 is 4.74 Å². The van der Waals surface area contributed by atoms with E-state index in [1.807, 2.05) is 60.7 Å². The molecule has 41 heavy (non-hydrogen) atoms. The zero-order valence-electron chi connectivity index (χ0n) is 23.8. The first kappa shape index (κ1) is 29.4. The molecule has 0 aromatic heterocycles. The summed E-state index contributed by atoms with van der Waals surface area (Å²) in [6.07, 6.45) is -1.28. The molecule has 5 nitrogen and oxygen atoms in total. The number of hydrogen-bond donors (Lipinski definition) is 0. The van der Waals surface area contributed by atoms with Crippen molar-refractivity contribution >= 4 is 11.8 Å². The summed E-state index contributed by atoms with van der Waals surface area (Å²) in [5.74, 6) is 0.816. The van der Waals surface area contributed by atoms with E-state index in [2.05, 4.69) is 62.4 Å². The van der Waals surface area contributed by atoms with Crippen molar-refractivity contribution in [2.75, 3.05) is 7.11 Å². The molecule has 0 N–H and O–H groups in total. The third-order valence-electron chi connectivity index (χ3n) is 7.17. The molecule has 0 bridgehead atoms. The lowest BCUT2D eigenvalue weighted by molar-refractivity contribution is -0.242. The minimum Gasteiger partial charge on any atom is -0.497 e. The summed E-state index contributed by atoms with van der Waals surface area (Å²) in [6, 6.07) is 36.9. The lowest BCUT2D eigenvalue weighted by atomic mass is 9.99. The van der Waals surface area contributed by atoms with E-state index in [1.54, 1.807) is 18.9 Å². The summed E-state index contributed by atoms with van der Waals surface area (Å²) >= 11 is 1.67. The average Bonchev–Trinajstić information content (AvgIpc) is 3.01. The molecule has 0 spiro atoms. The normalized spacial score (nSPS) is 22.4. The SMILES string of the molecule is COc1ccc(CO[C@@H]2[C@@H](OCc3ccccc3)[C@H](C)O[C@@H](Sc3ccc(C)cc3)[C@@H]2OCc2ccccc2)cc1. The van der Waals surface area contributed by atoms with Gasteiger partial charge >= 0.3 is 0 Å². The van der Waals surface area contributed by atoms with Crippen molar-refractivity contribution in [1.82, 2.24) is 0 Å². The molecule has 4 aromatic rings. The molecule has 0 unspecified atom stereocenters. The van der Waals surface area contributed by atoms with E-state index >= 15 is 0 Å². The van der Waals surface area contributed by atoms with Crippen LogP contribution in [0.5, 0.6) is 5.75 Å². The maximum atomic E-state index is 6.72. The number of aryl methyl sites for hydroxylation is 1. The summed E-state index contributed by atoms with van der Waals surface area (Å²) in [6.45, 7) is 5.48. The highest BCUT2D eigenvalue weighted by atomic mass is 32.2. The van der Waals surface area contributed by atoms with Gasteiger partial charge in [-0.15, -0.1) is 0 Å². The number of ether oxygens (including phenoxy) is 5. The van der Waals surface area contributed by atoms with Gasteiger partial charge in [0.2, 0.25) is 0 Å². The van der Waals surface area contributed by atoms with Crippen LogP contribution >= 0.6 is 11.8 Å². The van der Waals surface area contributed by atoms with E-state index < -0.39 is 0 Å². The van der Waals surface area contributed by atoms with Crippen LogP contribution in [0.2, 0.25) is 0 Å². The first-order valence-corrected chi connectivity index (χ1v) is 14.9. The van der Waals surface area contributed by atoms with Crippen LogP contribution in [0.25, 0.3) is 0 Å². The standard InChI is InChI=1S/C35H38O5S/c1-25-14-20-31(21-15-25)41-35-34(39-23-28-12-8-5-9-13-28)33(38-24-29-16-18-30(36-3)19-17-29)32(26(2)40-35)37-22-27-10-6-4-7-11-27/h4-21,26,32-35H,22-24H2,1-3H3/t26-,32-,33+,34+,35-/m0/s1. The van der Waals surface area contributed by atoms with Gasteiger partial charge in [-0.05, 0) is 54.8 Å². The van der Waals surface area contributed by atoms with E-state index in [-0.39, 0.29) is 29.9 Å². The van der Waals surface area contributed by atoms with Crippen LogP contribution in [-0.4, -0.2) is 37.0 Å². The highest BCUT2D eigenvalue weighted by Gasteiger charge is 2.47. The first-order valence-electron chi connectivity index (χ1n) is 14.0. The maximum absolute atomic E-state index is 6.72. The number of hydrogen-bond acceptors (Lipinski definition) is 6. The van der Waals surface area contributed by atoms with Gasteiger partial charge in [-0.2, -0.15) is 0 Å². The summed E-state index contributed by atoms with van der Waals surface area (Å²) < 4.78 is 31.9. The Bertz CT molecular complexity index is 1310. The Labute approximate surface area is 247 Å². The largest absolute Gasteiger partial charge is 0.497 e. The van der Waals surface area contributed by atoms with Crippen LogP contribution in [0.3, 0.4) is 0 Å². The number of benzene rings is 4. The van der Waals surface area contributed by atoms with Gasteiger partial charge in [-0.3, -0.25) is 0 Å². The molecule has 1 heterocycles. The Morgan fingerprint density at radius 1 is 0.610 bits per heavy atom. The zero-order valence-corrected chi connectivity index (χ0v) is 24.7. The Morgan fingerprint density at radius 3 is 1.68 bits per heavy atom. The number of methoxy groups -OCH3 is 1. The second-order valence-electron chi connectivity index (χ2n) is 10.3. The van der Waals surface area contributed by atoms with Crippen molar-refractivity contribution in [1.29, 1.82) is 0 Å². The lowest BCUT2D eigenvalue weighted by Gasteiger charge is -2.45. The smallest absolute Gasteiger partial charge is 0.136 e. The van der Waals surface area contributed by atoms with Gasteiger partial charge in [0, 0.05) is 4.90 Å². The van der Waals surface area contributed by atoms with Crippen LogP contribution in [0, 0.1) is 6.92 Å². The summed E-state index contributed by atoms with van der Waals surface area (Å²) in [5, 5.41) is 0. The monoisotopic (exact) mass is 570 g/mol. The Balaban J connectivity index is 1.42. The van der Waals surface area contributed by atoms with Crippen LogP contribution in [0.4, 0.5) is 0 Å². The first-order chi connectivity index (χ1) is 20.1. The van der Waals surface area contributed by atoms with Gasteiger partial charge in [0.05, 0.1) is 33.0 Å². The summed E-state index contributed by atoms with van der Waals surface area (Å²) in [4.78, 5) is 1.12. The fourth-order valence-corrected chi connectivity index (χ4v) is 6.02. The van der Waals surface area contributed by atoms with Gasteiger partial charge < -0.3 is 23.7 Å². The Hall–Kier alpha value is -3.13. The lowest BCUT2D eigenvalue weighted by Crippen LogP contribution is -2.58. The number of rotatable bonds is 12. The molecule has 214 valence electrons. The molecule has 0 radical (unpaired) electrons. The molecular formula is C35H38O5S. The second kappa shape index (κ2) is 14.7. The van der Waals surface area contributed by atoms with Crippen molar-refractivity contribution in [2.45, 2.75) is 68.4 Å². The van der Waals surface area contributed by atoms with E-state index in [0.29, 0.717) is 19.8 Å². The average molecular weight is 571 g/mol. The third-order valence-corrected chi connectivity index (χ3v) is 8.33. The third kappa shape index (κ3) is 8.22. The van der Waals surface area contributed by atoms with Crippen LogP contribution in [-0.2, 0) is 38.8 Å². The molecule has 5 rings (SSSR count). The minimum absolute atomic E-state index is 0.209. The van der Waals surface area contributed by atoms with Gasteiger partial charge in [0.15, 0.2) is 0 Å². The molecule has 0 amide bonds. The van der Waals surface area contributed by atoms with Crippen LogP contribution in [0.1, 0.15) is 29.2 Å². The van der Waals surface area contributed by atoms with E-state index in [0.717, 1.165) is 27.3 Å². The number of thioether (sulfide) groups is 1. The van der Waals surface area contributed by atoms with Crippen molar-refractivity contribution in [3.63, 3.8) is 0 Å². The summed E-state index contributed by atoms with van der Waals surface area (Å²) in [5.41, 5.74) is 4.19. The molecule has 4 aromatic carbocycles. The molecule has 1 aliphatic rings. The predicted molar refractivity (Wildman–Crippen MR) is 163 cm³/mol. The van der Waals surface area contributed by atoms with Crippen molar-refractivity contribution in [3.8, 4) is 5.75 Å². The molecular weight excluding hydrogens is 532 g/mol. The zero-order chi connectivity index (χ0) is 28.4. The second-order valence-corrected chi connectivity index (χ2v) is 11.5. The highest BCUT2D eigenvalue weighted by Crippen LogP contribution is 2.38. The molecule has 0 aliphatic carbocycles. The van der Waals surface area contributed by atoms with E-state index in [1.165, 1.54) is 5.56 Å². The van der Waals surface area contributed by atoms with Crippen LogP contribution in [0.15, 0.2) is 114 Å².